The summed E-state index contributed by atoms with van der Waals surface area (Å²) < 4.78 is 5.54. The van der Waals surface area contributed by atoms with Gasteiger partial charge in [0.2, 0.25) is 5.91 Å². The number of carbonyl (C=O) groups excluding carboxylic acids is 1. The number of nitrogens with one attached hydrogen (secondary N) is 2. The molecule has 1 aliphatic carbocycles. The molecule has 2 atom stereocenters. The molecule has 1 heterocycles. The van der Waals surface area contributed by atoms with Gasteiger partial charge in [0, 0.05) is 19.2 Å². The third-order valence-corrected chi connectivity index (χ3v) is 4.02. The highest BCUT2D eigenvalue weighted by Gasteiger charge is 2.21. The van der Waals surface area contributed by atoms with Crippen molar-refractivity contribution in [3.63, 3.8) is 0 Å². The van der Waals surface area contributed by atoms with Gasteiger partial charge in [0.25, 0.3) is 0 Å². The van der Waals surface area contributed by atoms with Gasteiger partial charge in [-0.15, -0.1) is 0 Å². The molecular formula is C14H26N2O2. The van der Waals surface area contributed by atoms with Crippen molar-refractivity contribution in [1.29, 1.82) is 0 Å². The maximum Gasteiger partial charge on any atom is 0.237 e. The van der Waals surface area contributed by atoms with Gasteiger partial charge in [0.15, 0.2) is 0 Å². The van der Waals surface area contributed by atoms with Crippen LogP contribution >= 0.6 is 0 Å². The van der Waals surface area contributed by atoms with Crippen molar-refractivity contribution >= 4 is 5.91 Å². The fourth-order valence-electron chi connectivity index (χ4n) is 2.78. The molecule has 2 aliphatic rings. The van der Waals surface area contributed by atoms with E-state index >= 15 is 0 Å². The van der Waals surface area contributed by atoms with Crippen molar-refractivity contribution in [2.45, 2.75) is 70.1 Å². The predicted octanol–water partition coefficient (Wildman–Crippen LogP) is 1.59. The van der Waals surface area contributed by atoms with Gasteiger partial charge in [-0.1, -0.05) is 19.3 Å². The molecule has 4 nitrogen and oxygen atoms in total. The lowest BCUT2D eigenvalue weighted by Crippen LogP contribution is -2.48. The van der Waals surface area contributed by atoms with Crippen molar-refractivity contribution in [2.75, 3.05) is 13.2 Å². The van der Waals surface area contributed by atoms with Crippen LogP contribution in [0.5, 0.6) is 0 Å². The van der Waals surface area contributed by atoms with Crippen LogP contribution in [0.3, 0.4) is 0 Å². The molecule has 0 aromatic rings. The number of hydrogen-bond acceptors (Lipinski definition) is 3. The first-order chi connectivity index (χ1) is 8.75. The van der Waals surface area contributed by atoms with E-state index in [0.29, 0.717) is 12.1 Å². The minimum Gasteiger partial charge on any atom is -0.377 e. The van der Waals surface area contributed by atoms with E-state index in [1.165, 1.54) is 19.3 Å². The normalized spacial score (nSPS) is 27.1. The number of carbonyl (C=O) groups is 1. The van der Waals surface area contributed by atoms with Crippen molar-refractivity contribution in [3.8, 4) is 0 Å². The molecule has 0 radical (unpaired) electrons. The fourth-order valence-corrected chi connectivity index (χ4v) is 2.78. The first-order valence-corrected chi connectivity index (χ1v) is 7.41. The molecule has 2 rings (SSSR count). The Kier molecular flexibility index (Phi) is 5.45. The number of rotatable bonds is 5. The largest absolute Gasteiger partial charge is 0.377 e. The van der Waals surface area contributed by atoms with Crippen molar-refractivity contribution in [2.24, 2.45) is 0 Å². The van der Waals surface area contributed by atoms with Crippen LogP contribution in [0.2, 0.25) is 0 Å². The zero-order valence-corrected chi connectivity index (χ0v) is 11.4. The lowest BCUT2D eigenvalue weighted by molar-refractivity contribution is -0.123. The molecular weight excluding hydrogens is 228 g/mol. The van der Waals surface area contributed by atoms with Gasteiger partial charge in [0.05, 0.1) is 12.1 Å². The first kappa shape index (κ1) is 13.8. The fraction of sp³-hybridized carbons (Fsp3) is 0.929. The van der Waals surface area contributed by atoms with E-state index in [1.54, 1.807) is 0 Å². The van der Waals surface area contributed by atoms with Crippen LogP contribution in [0.25, 0.3) is 0 Å². The predicted molar refractivity (Wildman–Crippen MR) is 71.5 cm³/mol. The Hall–Kier alpha value is -0.610. The maximum absolute atomic E-state index is 12.0. The average Bonchev–Trinajstić information content (AvgIpc) is 2.90. The van der Waals surface area contributed by atoms with E-state index in [2.05, 4.69) is 10.6 Å². The zero-order chi connectivity index (χ0) is 12.8. The highest BCUT2D eigenvalue weighted by molar-refractivity contribution is 5.81. The van der Waals surface area contributed by atoms with E-state index in [4.69, 9.17) is 4.74 Å². The third-order valence-electron chi connectivity index (χ3n) is 4.02. The summed E-state index contributed by atoms with van der Waals surface area (Å²) in [6.07, 6.45) is 8.67. The van der Waals surface area contributed by atoms with E-state index in [1.807, 2.05) is 6.92 Å². The Bertz CT molecular complexity index is 259. The summed E-state index contributed by atoms with van der Waals surface area (Å²) in [4.78, 5) is 12.0. The SMILES string of the molecule is CC(NCC1CCCO1)C(=O)NC1CCCCC1. The number of hydrogen-bond donors (Lipinski definition) is 2. The van der Waals surface area contributed by atoms with Crippen molar-refractivity contribution in [1.82, 2.24) is 10.6 Å². The Balaban J connectivity index is 1.63. The molecule has 2 N–H and O–H groups in total. The van der Waals surface area contributed by atoms with Gasteiger partial charge in [-0.2, -0.15) is 0 Å². The van der Waals surface area contributed by atoms with Gasteiger partial charge in [0.1, 0.15) is 0 Å². The molecule has 2 fully saturated rings. The summed E-state index contributed by atoms with van der Waals surface area (Å²) in [5, 5.41) is 6.43. The minimum absolute atomic E-state index is 0.115. The molecule has 0 spiro atoms. The lowest BCUT2D eigenvalue weighted by atomic mass is 9.95. The van der Waals surface area contributed by atoms with Gasteiger partial charge < -0.3 is 15.4 Å². The zero-order valence-electron chi connectivity index (χ0n) is 11.4. The van der Waals surface area contributed by atoms with Crippen molar-refractivity contribution < 1.29 is 9.53 Å². The Morgan fingerprint density at radius 3 is 2.67 bits per heavy atom. The summed E-state index contributed by atoms with van der Waals surface area (Å²) in [6, 6.07) is 0.286. The third kappa shape index (κ3) is 4.25. The minimum atomic E-state index is -0.115. The van der Waals surface area contributed by atoms with Crippen LogP contribution in [-0.4, -0.2) is 37.2 Å². The standard InChI is InChI=1S/C14H26N2O2/c1-11(15-10-13-8-5-9-18-13)14(17)16-12-6-3-2-4-7-12/h11-13,15H,2-10H2,1H3,(H,16,17). The average molecular weight is 254 g/mol. The Morgan fingerprint density at radius 2 is 2.00 bits per heavy atom. The maximum atomic E-state index is 12.0. The molecule has 1 aliphatic heterocycles. The van der Waals surface area contributed by atoms with E-state index < -0.39 is 0 Å². The monoisotopic (exact) mass is 254 g/mol. The topological polar surface area (TPSA) is 50.4 Å². The Labute approximate surface area is 110 Å². The van der Waals surface area contributed by atoms with Crippen LogP contribution < -0.4 is 10.6 Å². The van der Waals surface area contributed by atoms with Gasteiger partial charge in [-0.25, -0.2) is 0 Å². The molecule has 1 amide bonds. The van der Waals surface area contributed by atoms with Crippen LogP contribution in [0.15, 0.2) is 0 Å². The molecule has 1 saturated heterocycles. The number of ether oxygens (including phenoxy) is 1. The smallest absolute Gasteiger partial charge is 0.237 e. The van der Waals surface area contributed by atoms with Crippen LogP contribution in [0, 0.1) is 0 Å². The first-order valence-electron chi connectivity index (χ1n) is 7.41. The number of amides is 1. The van der Waals surface area contributed by atoms with Crippen LogP contribution in [0.4, 0.5) is 0 Å². The summed E-state index contributed by atoms with van der Waals surface area (Å²) in [6.45, 7) is 3.60. The van der Waals surface area contributed by atoms with Gasteiger partial charge in [-0.05, 0) is 32.6 Å². The molecule has 0 aromatic carbocycles. The summed E-state index contributed by atoms with van der Waals surface area (Å²) in [5.41, 5.74) is 0. The highest BCUT2D eigenvalue weighted by atomic mass is 16.5. The molecule has 2 unspecified atom stereocenters. The summed E-state index contributed by atoms with van der Waals surface area (Å²) in [7, 11) is 0. The van der Waals surface area contributed by atoms with Crippen molar-refractivity contribution in [3.05, 3.63) is 0 Å². The second-order valence-electron chi connectivity index (χ2n) is 5.61. The summed E-state index contributed by atoms with van der Waals surface area (Å²) >= 11 is 0. The molecule has 0 aromatic heterocycles. The lowest BCUT2D eigenvalue weighted by Gasteiger charge is -2.25. The molecule has 18 heavy (non-hydrogen) atoms. The second kappa shape index (κ2) is 7.10. The van der Waals surface area contributed by atoms with Crippen LogP contribution in [-0.2, 0) is 9.53 Å². The Morgan fingerprint density at radius 1 is 1.22 bits per heavy atom. The van der Waals surface area contributed by atoms with Gasteiger partial charge in [-0.3, -0.25) is 4.79 Å². The van der Waals surface area contributed by atoms with Gasteiger partial charge >= 0.3 is 0 Å². The molecule has 104 valence electrons. The molecule has 0 bridgehead atoms. The van der Waals surface area contributed by atoms with E-state index in [0.717, 1.165) is 38.8 Å². The highest BCUT2D eigenvalue weighted by Crippen LogP contribution is 2.17. The summed E-state index contributed by atoms with van der Waals surface area (Å²) in [5.74, 6) is 0.139. The van der Waals surface area contributed by atoms with Crippen LogP contribution in [0.1, 0.15) is 51.9 Å². The second-order valence-corrected chi connectivity index (χ2v) is 5.61. The van der Waals surface area contributed by atoms with E-state index in [9.17, 15) is 4.79 Å². The quantitative estimate of drug-likeness (QED) is 0.783. The molecule has 4 heteroatoms. The van der Waals surface area contributed by atoms with E-state index in [-0.39, 0.29) is 11.9 Å². The molecule has 1 saturated carbocycles.